The molecule has 1 aliphatic carbocycles. The minimum atomic E-state index is -0.257. The SMILES string of the molecule is CC(CCN(C)C)N1C(=O)C2(CC2)NC1c1ccccc1. The average molecular weight is 287 g/mol. The maximum Gasteiger partial charge on any atom is 0.244 e. The smallest absolute Gasteiger partial charge is 0.244 e. The molecule has 1 aliphatic heterocycles. The van der Waals surface area contributed by atoms with Gasteiger partial charge in [0.2, 0.25) is 5.91 Å². The van der Waals surface area contributed by atoms with E-state index in [4.69, 9.17) is 0 Å². The molecule has 1 spiro atoms. The lowest BCUT2D eigenvalue weighted by atomic mass is 10.1. The molecule has 3 rings (SSSR count). The van der Waals surface area contributed by atoms with Gasteiger partial charge in [0, 0.05) is 6.04 Å². The quantitative estimate of drug-likeness (QED) is 0.899. The largest absolute Gasteiger partial charge is 0.319 e. The van der Waals surface area contributed by atoms with E-state index < -0.39 is 0 Å². The first-order valence-electron chi connectivity index (χ1n) is 7.84. The maximum atomic E-state index is 12.8. The highest BCUT2D eigenvalue weighted by molar-refractivity contribution is 5.92. The minimum absolute atomic E-state index is 0.0263. The predicted octanol–water partition coefficient (Wildman–Crippen LogP) is 1.99. The summed E-state index contributed by atoms with van der Waals surface area (Å²) in [5.41, 5.74) is 0.929. The molecule has 1 aromatic carbocycles. The number of rotatable bonds is 5. The van der Waals surface area contributed by atoms with Crippen LogP contribution in [0, 0.1) is 0 Å². The Labute approximate surface area is 127 Å². The molecule has 0 radical (unpaired) electrons. The summed E-state index contributed by atoms with van der Waals surface area (Å²) in [6.07, 6.45) is 2.98. The molecule has 21 heavy (non-hydrogen) atoms. The van der Waals surface area contributed by atoms with Crippen LogP contribution in [0.5, 0.6) is 0 Å². The van der Waals surface area contributed by atoms with Gasteiger partial charge < -0.3 is 9.80 Å². The molecule has 1 heterocycles. The molecule has 1 aromatic rings. The standard InChI is InChI=1S/C17H25N3O/c1-13(9-12-19(2)3)20-15(14-7-5-4-6-8-14)18-17(10-11-17)16(20)21/h4-8,13,15,18H,9-12H2,1-3H3. The van der Waals surface area contributed by atoms with E-state index in [1.54, 1.807) is 0 Å². The summed E-state index contributed by atoms with van der Waals surface area (Å²) in [5.74, 6) is 0.294. The van der Waals surface area contributed by atoms with Crippen LogP contribution in [-0.4, -0.2) is 47.9 Å². The van der Waals surface area contributed by atoms with Crippen molar-refractivity contribution in [3.8, 4) is 0 Å². The van der Waals surface area contributed by atoms with Gasteiger partial charge in [-0.2, -0.15) is 0 Å². The van der Waals surface area contributed by atoms with Crippen molar-refractivity contribution in [3.63, 3.8) is 0 Å². The molecule has 2 unspecified atom stereocenters. The van der Waals surface area contributed by atoms with Crippen LogP contribution in [-0.2, 0) is 4.79 Å². The first-order valence-corrected chi connectivity index (χ1v) is 7.84. The summed E-state index contributed by atoms with van der Waals surface area (Å²) in [5, 5.41) is 3.59. The van der Waals surface area contributed by atoms with E-state index in [1.807, 2.05) is 18.2 Å². The molecule has 0 bridgehead atoms. The number of nitrogens with zero attached hydrogens (tertiary/aromatic N) is 2. The van der Waals surface area contributed by atoms with Gasteiger partial charge in [-0.3, -0.25) is 10.1 Å². The molecular formula is C17H25N3O. The molecule has 4 nitrogen and oxygen atoms in total. The second kappa shape index (κ2) is 5.43. The number of carbonyl (C=O) groups excluding carboxylic acids is 1. The summed E-state index contributed by atoms with van der Waals surface area (Å²) < 4.78 is 0. The molecule has 1 saturated heterocycles. The highest BCUT2D eigenvalue weighted by Gasteiger charge is 2.60. The van der Waals surface area contributed by atoms with Crippen molar-refractivity contribution in [2.45, 2.75) is 43.9 Å². The number of nitrogens with one attached hydrogen (secondary N) is 1. The lowest BCUT2D eigenvalue weighted by Crippen LogP contribution is -2.40. The van der Waals surface area contributed by atoms with Crippen LogP contribution in [0.1, 0.15) is 37.9 Å². The lowest BCUT2D eigenvalue weighted by molar-refractivity contribution is -0.133. The molecule has 2 atom stereocenters. The zero-order chi connectivity index (χ0) is 15.0. The van der Waals surface area contributed by atoms with Crippen LogP contribution in [0.3, 0.4) is 0 Å². The monoisotopic (exact) mass is 287 g/mol. The van der Waals surface area contributed by atoms with Crippen molar-refractivity contribution in [3.05, 3.63) is 35.9 Å². The Morgan fingerprint density at radius 2 is 2.00 bits per heavy atom. The molecule has 1 N–H and O–H groups in total. The Morgan fingerprint density at radius 3 is 2.57 bits per heavy atom. The molecule has 2 fully saturated rings. The van der Waals surface area contributed by atoms with Gasteiger partial charge in [-0.1, -0.05) is 30.3 Å². The number of amides is 1. The van der Waals surface area contributed by atoms with Gasteiger partial charge in [0.05, 0.1) is 0 Å². The Hall–Kier alpha value is -1.39. The summed E-state index contributed by atoms with van der Waals surface area (Å²) in [7, 11) is 4.15. The topological polar surface area (TPSA) is 35.6 Å². The van der Waals surface area contributed by atoms with Gasteiger partial charge in [-0.05, 0) is 52.4 Å². The van der Waals surface area contributed by atoms with Gasteiger partial charge in [-0.15, -0.1) is 0 Å². The van der Waals surface area contributed by atoms with Gasteiger partial charge in [0.15, 0.2) is 0 Å². The number of hydrogen-bond acceptors (Lipinski definition) is 3. The van der Waals surface area contributed by atoms with Crippen LogP contribution in [0.25, 0.3) is 0 Å². The van der Waals surface area contributed by atoms with Crippen LogP contribution in [0.4, 0.5) is 0 Å². The molecule has 1 saturated carbocycles. The van der Waals surface area contributed by atoms with Crippen molar-refractivity contribution in [1.82, 2.24) is 15.1 Å². The Kier molecular flexibility index (Phi) is 3.76. The predicted molar refractivity (Wildman–Crippen MR) is 83.8 cm³/mol. The molecule has 114 valence electrons. The second-order valence-electron chi connectivity index (χ2n) is 6.69. The Morgan fingerprint density at radius 1 is 1.33 bits per heavy atom. The van der Waals surface area contributed by atoms with Crippen LogP contribution in [0.2, 0.25) is 0 Å². The van der Waals surface area contributed by atoms with Crippen LogP contribution < -0.4 is 5.32 Å². The average Bonchev–Trinajstić information content (AvgIpc) is 3.19. The van der Waals surface area contributed by atoms with Crippen molar-refractivity contribution in [1.29, 1.82) is 0 Å². The van der Waals surface area contributed by atoms with Crippen molar-refractivity contribution < 1.29 is 4.79 Å². The summed E-state index contributed by atoms with van der Waals surface area (Å²) in [6, 6.07) is 10.6. The van der Waals surface area contributed by atoms with Gasteiger partial charge in [0.25, 0.3) is 0 Å². The van der Waals surface area contributed by atoms with E-state index >= 15 is 0 Å². The van der Waals surface area contributed by atoms with Gasteiger partial charge in [-0.25, -0.2) is 0 Å². The molecular weight excluding hydrogens is 262 g/mol. The van der Waals surface area contributed by atoms with Gasteiger partial charge >= 0.3 is 0 Å². The van der Waals surface area contributed by atoms with E-state index in [0.717, 1.165) is 25.8 Å². The molecule has 2 aliphatic rings. The molecule has 4 heteroatoms. The van der Waals surface area contributed by atoms with Crippen molar-refractivity contribution >= 4 is 5.91 Å². The van der Waals surface area contributed by atoms with E-state index in [0.29, 0.717) is 5.91 Å². The Bertz CT molecular complexity index is 510. The zero-order valence-electron chi connectivity index (χ0n) is 13.2. The van der Waals surface area contributed by atoms with Crippen LogP contribution in [0.15, 0.2) is 30.3 Å². The van der Waals surface area contributed by atoms with E-state index in [-0.39, 0.29) is 17.7 Å². The second-order valence-corrected chi connectivity index (χ2v) is 6.69. The lowest BCUT2D eigenvalue weighted by Gasteiger charge is -2.31. The summed E-state index contributed by atoms with van der Waals surface area (Å²) in [4.78, 5) is 17.1. The fraction of sp³-hybridized carbons (Fsp3) is 0.588. The normalized spacial score (nSPS) is 24.9. The fourth-order valence-corrected chi connectivity index (χ4v) is 3.16. The highest BCUT2D eigenvalue weighted by atomic mass is 16.2. The first kappa shape index (κ1) is 14.5. The van der Waals surface area contributed by atoms with E-state index in [9.17, 15) is 4.79 Å². The molecule has 0 aromatic heterocycles. The van der Waals surface area contributed by atoms with Crippen molar-refractivity contribution in [2.24, 2.45) is 0 Å². The number of hydrogen-bond donors (Lipinski definition) is 1. The number of carbonyl (C=O) groups is 1. The zero-order valence-corrected chi connectivity index (χ0v) is 13.2. The van der Waals surface area contributed by atoms with Gasteiger partial charge in [0.1, 0.15) is 11.7 Å². The summed E-state index contributed by atoms with van der Waals surface area (Å²) in [6.45, 7) is 3.17. The Balaban J connectivity index is 1.82. The van der Waals surface area contributed by atoms with Crippen LogP contribution >= 0.6 is 0 Å². The third-order valence-electron chi connectivity index (χ3n) is 4.67. The first-order chi connectivity index (χ1) is 10.0. The van der Waals surface area contributed by atoms with E-state index in [2.05, 4.69) is 48.3 Å². The fourth-order valence-electron chi connectivity index (χ4n) is 3.16. The third-order valence-corrected chi connectivity index (χ3v) is 4.67. The summed E-state index contributed by atoms with van der Waals surface area (Å²) >= 11 is 0. The highest BCUT2D eigenvalue weighted by Crippen LogP contribution is 2.46. The molecule has 1 amide bonds. The van der Waals surface area contributed by atoms with E-state index in [1.165, 1.54) is 5.56 Å². The minimum Gasteiger partial charge on any atom is -0.319 e. The maximum absolute atomic E-state index is 12.8. The number of benzene rings is 1. The third kappa shape index (κ3) is 2.70. The van der Waals surface area contributed by atoms with Crippen molar-refractivity contribution in [2.75, 3.05) is 20.6 Å².